The van der Waals surface area contributed by atoms with Crippen LogP contribution in [0.2, 0.25) is 10.0 Å². The number of carbonyl (C=O) groups is 1. The fraction of sp³-hybridized carbons (Fsp3) is 0.167. The van der Waals surface area contributed by atoms with Gasteiger partial charge in [0.25, 0.3) is 0 Å². The van der Waals surface area contributed by atoms with Crippen molar-refractivity contribution in [1.82, 2.24) is 4.57 Å². The highest BCUT2D eigenvalue weighted by molar-refractivity contribution is 6.31. The van der Waals surface area contributed by atoms with Gasteiger partial charge in [-0.05, 0) is 42.3 Å². The van der Waals surface area contributed by atoms with Crippen LogP contribution < -0.4 is 0 Å². The molecule has 0 fully saturated rings. The highest BCUT2D eigenvalue weighted by Crippen LogP contribution is 2.32. The van der Waals surface area contributed by atoms with Gasteiger partial charge in [0, 0.05) is 27.1 Å². The molecule has 0 aliphatic carbocycles. The lowest BCUT2D eigenvalue weighted by atomic mass is 10.1. The predicted molar refractivity (Wildman–Crippen MR) is 93.6 cm³/mol. The molecule has 1 heterocycles. The van der Waals surface area contributed by atoms with Crippen molar-refractivity contribution in [3.63, 3.8) is 0 Å². The van der Waals surface area contributed by atoms with Crippen LogP contribution in [-0.2, 0) is 11.2 Å². The molecule has 3 rings (SSSR count). The van der Waals surface area contributed by atoms with Crippen LogP contribution in [0.5, 0.6) is 0 Å². The van der Waals surface area contributed by atoms with Crippen LogP contribution in [-0.4, -0.2) is 15.6 Å². The maximum atomic E-state index is 11.1. The summed E-state index contributed by atoms with van der Waals surface area (Å²) in [5, 5.41) is 11.3. The number of aromatic nitrogens is 1. The quantitative estimate of drug-likeness (QED) is 0.705. The largest absolute Gasteiger partial charge is 0.481 e. The zero-order valence-electron chi connectivity index (χ0n) is 12.5. The van der Waals surface area contributed by atoms with Gasteiger partial charge >= 0.3 is 5.97 Å². The number of benzene rings is 2. The molecule has 1 N–H and O–H groups in total. The van der Waals surface area contributed by atoms with Crippen LogP contribution in [0, 0.1) is 0 Å². The molecule has 1 atom stereocenters. The van der Waals surface area contributed by atoms with E-state index in [1.807, 2.05) is 60.2 Å². The Hall–Kier alpha value is -1.97. The normalized spacial score (nSPS) is 12.5. The first-order valence-corrected chi connectivity index (χ1v) is 7.98. The van der Waals surface area contributed by atoms with E-state index in [0.717, 1.165) is 22.0 Å². The van der Waals surface area contributed by atoms with Gasteiger partial charge in [-0.25, -0.2) is 0 Å². The summed E-state index contributed by atoms with van der Waals surface area (Å²) in [6.07, 6.45) is 1.84. The molecule has 0 saturated carbocycles. The minimum atomic E-state index is -0.866. The minimum Gasteiger partial charge on any atom is -0.481 e. The zero-order valence-corrected chi connectivity index (χ0v) is 14.0. The Morgan fingerprint density at radius 1 is 1.22 bits per heavy atom. The highest BCUT2D eigenvalue weighted by atomic mass is 35.5. The summed E-state index contributed by atoms with van der Waals surface area (Å²) in [7, 11) is 0. The SMILES string of the molecule is C[C@@H](c1ccccc1Cl)n1cc(CC(=O)O)c2cc(Cl)ccc21. The molecule has 118 valence electrons. The number of nitrogens with zero attached hydrogens (tertiary/aromatic N) is 1. The van der Waals surface area contributed by atoms with Gasteiger partial charge in [-0.1, -0.05) is 41.4 Å². The lowest BCUT2D eigenvalue weighted by Gasteiger charge is -2.17. The molecule has 0 unspecified atom stereocenters. The number of hydrogen-bond donors (Lipinski definition) is 1. The van der Waals surface area contributed by atoms with Crippen molar-refractivity contribution in [1.29, 1.82) is 0 Å². The molecule has 0 aliphatic rings. The van der Waals surface area contributed by atoms with Gasteiger partial charge in [0.05, 0.1) is 12.5 Å². The molecule has 0 aliphatic heterocycles. The number of aliphatic carboxylic acids is 1. The number of carboxylic acids is 1. The van der Waals surface area contributed by atoms with Gasteiger partial charge in [0.1, 0.15) is 0 Å². The van der Waals surface area contributed by atoms with Gasteiger partial charge in [0.15, 0.2) is 0 Å². The average Bonchev–Trinajstić information content (AvgIpc) is 2.84. The molecule has 0 bridgehead atoms. The molecule has 3 aromatic rings. The summed E-state index contributed by atoms with van der Waals surface area (Å²) in [5.74, 6) is -0.866. The van der Waals surface area contributed by atoms with Crippen LogP contribution >= 0.6 is 23.2 Å². The van der Waals surface area contributed by atoms with Crippen molar-refractivity contribution in [3.05, 3.63) is 69.8 Å². The van der Waals surface area contributed by atoms with Gasteiger partial charge in [-0.3, -0.25) is 4.79 Å². The van der Waals surface area contributed by atoms with Gasteiger partial charge in [-0.15, -0.1) is 0 Å². The molecule has 0 radical (unpaired) electrons. The predicted octanol–water partition coefficient (Wildman–Crippen LogP) is 5.18. The Balaban J connectivity index is 2.17. The minimum absolute atomic E-state index is 0.0186. The van der Waals surface area contributed by atoms with Crippen molar-refractivity contribution >= 4 is 40.1 Å². The standard InChI is InChI=1S/C18H15Cl2NO2/c1-11(14-4-2-3-5-16(14)20)21-10-12(8-18(22)23)15-9-13(19)6-7-17(15)21/h2-7,9-11H,8H2,1H3,(H,22,23)/t11-/m0/s1. The Morgan fingerprint density at radius 2 is 1.96 bits per heavy atom. The molecule has 1 aromatic heterocycles. The van der Waals surface area contributed by atoms with Crippen molar-refractivity contribution < 1.29 is 9.90 Å². The summed E-state index contributed by atoms with van der Waals surface area (Å²) in [5.41, 5.74) is 2.68. The average molecular weight is 348 g/mol. The topological polar surface area (TPSA) is 42.2 Å². The maximum Gasteiger partial charge on any atom is 0.307 e. The zero-order chi connectivity index (χ0) is 16.6. The number of halogens is 2. The van der Waals surface area contributed by atoms with Crippen LogP contribution in [0.1, 0.15) is 24.1 Å². The third kappa shape index (κ3) is 3.07. The molecule has 0 saturated heterocycles. The van der Waals surface area contributed by atoms with E-state index >= 15 is 0 Å². The lowest BCUT2D eigenvalue weighted by molar-refractivity contribution is -0.136. The van der Waals surface area contributed by atoms with Crippen molar-refractivity contribution in [2.45, 2.75) is 19.4 Å². The van der Waals surface area contributed by atoms with Crippen LogP contribution in [0.4, 0.5) is 0 Å². The fourth-order valence-corrected chi connectivity index (χ4v) is 3.35. The first-order valence-electron chi connectivity index (χ1n) is 7.22. The van der Waals surface area contributed by atoms with Gasteiger partial charge in [0.2, 0.25) is 0 Å². The molecule has 5 heteroatoms. The van der Waals surface area contributed by atoms with Crippen molar-refractivity contribution in [2.24, 2.45) is 0 Å². The van der Waals surface area contributed by atoms with E-state index in [0.29, 0.717) is 10.0 Å². The first-order chi connectivity index (χ1) is 11.0. The lowest BCUT2D eigenvalue weighted by Crippen LogP contribution is -2.06. The fourth-order valence-electron chi connectivity index (χ4n) is 2.89. The first kappa shape index (κ1) is 15.9. The van der Waals surface area contributed by atoms with Gasteiger partial charge < -0.3 is 9.67 Å². The molecule has 2 aromatic carbocycles. The Morgan fingerprint density at radius 3 is 2.65 bits per heavy atom. The summed E-state index contributed by atoms with van der Waals surface area (Å²) in [6, 6.07) is 13.2. The third-order valence-corrected chi connectivity index (χ3v) is 4.57. The number of hydrogen-bond acceptors (Lipinski definition) is 1. The number of rotatable bonds is 4. The molecule has 3 nitrogen and oxygen atoms in total. The van der Waals surface area contributed by atoms with E-state index in [4.69, 9.17) is 28.3 Å². The van der Waals surface area contributed by atoms with E-state index in [1.165, 1.54) is 0 Å². The Labute approximate surface area is 144 Å². The van der Waals surface area contributed by atoms with Crippen LogP contribution in [0.25, 0.3) is 10.9 Å². The number of fused-ring (bicyclic) bond motifs is 1. The molecule has 0 amide bonds. The Kier molecular flexibility index (Phi) is 4.33. The van der Waals surface area contributed by atoms with Crippen LogP contribution in [0.3, 0.4) is 0 Å². The monoisotopic (exact) mass is 347 g/mol. The second kappa shape index (κ2) is 6.26. The number of carboxylic acid groups (broad SMARTS) is 1. The second-order valence-corrected chi connectivity index (χ2v) is 6.33. The second-order valence-electron chi connectivity index (χ2n) is 5.49. The Bertz CT molecular complexity index is 886. The molecule has 23 heavy (non-hydrogen) atoms. The van der Waals surface area contributed by atoms with Crippen LogP contribution in [0.15, 0.2) is 48.7 Å². The highest BCUT2D eigenvalue weighted by Gasteiger charge is 2.17. The van der Waals surface area contributed by atoms with Crippen molar-refractivity contribution in [2.75, 3.05) is 0 Å². The third-order valence-electron chi connectivity index (χ3n) is 3.99. The van der Waals surface area contributed by atoms with E-state index in [1.54, 1.807) is 0 Å². The smallest absolute Gasteiger partial charge is 0.307 e. The van der Waals surface area contributed by atoms with E-state index in [-0.39, 0.29) is 12.5 Å². The molecular formula is C18H15Cl2NO2. The summed E-state index contributed by atoms with van der Waals surface area (Å²) >= 11 is 12.4. The maximum absolute atomic E-state index is 11.1. The van der Waals surface area contributed by atoms with E-state index < -0.39 is 5.97 Å². The van der Waals surface area contributed by atoms with Gasteiger partial charge in [-0.2, -0.15) is 0 Å². The molecular weight excluding hydrogens is 333 g/mol. The summed E-state index contributed by atoms with van der Waals surface area (Å²) in [6.45, 7) is 2.04. The van der Waals surface area contributed by atoms with Crippen molar-refractivity contribution in [3.8, 4) is 0 Å². The molecule has 0 spiro atoms. The van der Waals surface area contributed by atoms with E-state index in [9.17, 15) is 4.79 Å². The summed E-state index contributed by atoms with van der Waals surface area (Å²) < 4.78 is 2.05. The van der Waals surface area contributed by atoms with E-state index in [2.05, 4.69) is 0 Å². The summed E-state index contributed by atoms with van der Waals surface area (Å²) in [4.78, 5) is 11.1.